The Balaban J connectivity index is 3.62. The first-order chi connectivity index (χ1) is 14.0. The number of halogens is 1. The molecule has 178 valence electrons. The maximum absolute atomic E-state index is 4.45. The normalized spacial score (nSPS) is 13.5. The monoisotopic (exact) mass is 492 g/mol. The minimum atomic E-state index is -1.57. The summed E-state index contributed by atoms with van der Waals surface area (Å²) >= 11 is 4.45. The Labute approximate surface area is 194 Å². The van der Waals surface area contributed by atoms with Crippen molar-refractivity contribution in [3.63, 3.8) is 0 Å². The summed E-state index contributed by atoms with van der Waals surface area (Å²) in [5.41, 5.74) is 0. The van der Waals surface area contributed by atoms with Crippen LogP contribution in [0, 0.1) is 0 Å². The molecular weight excluding hydrogens is 435 g/mol. The molecule has 0 aromatic carbocycles. The Morgan fingerprint density at radius 3 is 0.897 bits per heavy atom. The molecule has 0 saturated carbocycles. The van der Waals surface area contributed by atoms with Gasteiger partial charge in [0, 0.05) is 0 Å². The Morgan fingerprint density at radius 1 is 0.345 bits per heavy atom. The van der Waals surface area contributed by atoms with Gasteiger partial charge in [-0.15, -0.1) is 0 Å². The van der Waals surface area contributed by atoms with Gasteiger partial charge in [-0.3, -0.25) is 0 Å². The van der Waals surface area contributed by atoms with Crippen molar-refractivity contribution in [2.45, 2.75) is 150 Å². The van der Waals surface area contributed by atoms with Crippen molar-refractivity contribution in [1.29, 1.82) is 0 Å². The molecule has 0 fully saturated rings. The molecule has 29 heavy (non-hydrogen) atoms. The third-order valence-corrected chi connectivity index (χ3v) is 17.3. The van der Waals surface area contributed by atoms with E-state index in [0.717, 1.165) is 0 Å². The predicted molar refractivity (Wildman–Crippen MR) is 146 cm³/mol. The van der Waals surface area contributed by atoms with Crippen molar-refractivity contribution in [3.05, 3.63) is 0 Å². The van der Waals surface area contributed by atoms with E-state index in [4.69, 9.17) is 0 Å². The molecule has 0 amide bonds. The first kappa shape index (κ1) is 29.9. The number of unbranched alkanes of at least 4 members (excludes halogenated alkanes) is 15. The molecule has 0 heterocycles. The van der Waals surface area contributed by atoms with Crippen molar-refractivity contribution in [3.8, 4) is 0 Å². The molecule has 0 atom stereocenters. The van der Waals surface area contributed by atoms with Crippen molar-refractivity contribution in [2.75, 3.05) is 24.6 Å². The van der Waals surface area contributed by atoms with Crippen LogP contribution in [0.2, 0.25) is 0 Å². The first-order valence-electron chi connectivity index (χ1n) is 13.8. The van der Waals surface area contributed by atoms with Crippen molar-refractivity contribution in [1.82, 2.24) is 0 Å². The van der Waals surface area contributed by atoms with Crippen LogP contribution < -0.4 is 0 Å². The van der Waals surface area contributed by atoms with Gasteiger partial charge in [-0.25, -0.2) is 0 Å². The van der Waals surface area contributed by atoms with Gasteiger partial charge < -0.3 is 0 Å². The fourth-order valence-electron chi connectivity index (χ4n) is 5.40. The topological polar surface area (TPSA) is 0 Å². The standard InChI is InChI=1S/C27H58BrP/c1-5-9-10-11-12-13-14-15-16-17-18-19-20-21-22-23-27-29(28,24-6-2,25-7-3)26-8-4/h5-27H2,1-4H3. The van der Waals surface area contributed by atoms with Crippen LogP contribution in [0.3, 0.4) is 0 Å². The second-order valence-electron chi connectivity index (χ2n) is 10.0. The quantitative estimate of drug-likeness (QED) is 0.0980. The summed E-state index contributed by atoms with van der Waals surface area (Å²) in [5.74, 6) is 0. The van der Waals surface area contributed by atoms with E-state index < -0.39 is 5.31 Å². The van der Waals surface area contributed by atoms with Crippen molar-refractivity contribution < 1.29 is 0 Å². The zero-order valence-electron chi connectivity index (χ0n) is 21.1. The second-order valence-corrected chi connectivity index (χ2v) is 21.5. The molecule has 0 aliphatic carbocycles. The van der Waals surface area contributed by atoms with Gasteiger partial charge in [0.15, 0.2) is 0 Å². The van der Waals surface area contributed by atoms with E-state index in [-0.39, 0.29) is 0 Å². The average Bonchev–Trinajstić information content (AvgIpc) is 2.68. The van der Waals surface area contributed by atoms with Crippen LogP contribution >= 0.6 is 20.8 Å². The molecule has 0 rings (SSSR count). The van der Waals surface area contributed by atoms with E-state index in [1.54, 1.807) is 0 Å². The SMILES string of the molecule is CCCCCCCCCCCCCCCCCCP(Br)(CCC)(CCC)CCC. The Hall–Kier alpha value is 0.910. The van der Waals surface area contributed by atoms with E-state index in [2.05, 4.69) is 43.2 Å². The molecular formula is C27H58BrP. The summed E-state index contributed by atoms with van der Waals surface area (Å²) in [6.07, 6.45) is 33.5. The molecule has 0 nitrogen and oxygen atoms in total. The van der Waals surface area contributed by atoms with Gasteiger partial charge in [-0.2, -0.15) is 0 Å². The zero-order chi connectivity index (χ0) is 21.7. The number of hydrogen-bond acceptors (Lipinski definition) is 0. The van der Waals surface area contributed by atoms with E-state index in [9.17, 15) is 0 Å². The molecule has 0 aromatic rings. The van der Waals surface area contributed by atoms with Gasteiger partial charge in [0.05, 0.1) is 0 Å². The molecule has 0 spiro atoms. The van der Waals surface area contributed by atoms with Gasteiger partial charge in [-0.05, 0) is 0 Å². The molecule has 2 heteroatoms. The first-order valence-corrected chi connectivity index (χ1v) is 18.8. The molecule has 0 unspecified atom stereocenters. The van der Waals surface area contributed by atoms with Crippen LogP contribution in [-0.4, -0.2) is 24.6 Å². The van der Waals surface area contributed by atoms with E-state index in [1.807, 2.05) is 0 Å². The summed E-state index contributed by atoms with van der Waals surface area (Å²) in [6.45, 7) is 9.48. The summed E-state index contributed by atoms with van der Waals surface area (Å²) in [4.78, 5) is 0. The Morgan fingerprint density at radius 2 is 0.621 bits per heavy atom. The maximum atomic E-state index is 4.45. The van der Waals surface area contributed by atoms with E-state index >= 15 is 0 Å². The molecule has 0 aromatic heterocycles. The van der Waals surface area contributed by atoms with Gasteiger partial charge in [0.2, 0.25) is 0 Å². The van der Waals surface area contributed by atoms with Gasteiger partial charge >= 0.3 is 156 Å². The molecule has 0 radical (unpaired) electrons. The number of hydrogen-bond donors (Lipinski definition) is 0. The van der Waals surface area contributed by atoms with Crippen LogP contribution in [0.4, 0.5) is 0 Å². The van der Waals surface area contributed by atoms with E-state index in [1.165, 1.54) is 147 Å². The van der Waals surface area contributed by atoms with Crippen LogP contribution in [-0.2, 0) is 0 Å². The Kier molecular flexibility index (Phi) is 20.2. The van der Waals surface area contributed by atoms with Crippen molar-refractivity contribution in [2.24, 2.45) is 0 Å². The average molecular weight is 494 g/mol. The van der Waals surface area contributed by atoms with Crippen LogP contribution in [0.5, 0.6) is 0 Å². The zero-order valence-corrected chi connectivity index (χ0v) is 23.6. The molecule has 0 aliphatic heterocycles. The third kappa shape index (κ3) is 16.2. The Bertz CT molecular complexity index is 322. The molecule has 0 bridgehead atoms. The molecule has 0 N–H and O–H groups in total. The van der Waals surface area contributed by atoms with Gasteiger partial charge in [0.1, 0.15) is 0 Å². The van der Waals surface area contributed by atoms with Crippen molar-refractivity contribution >= 4 is 20.8 Å². The van der Waals surface area contributed by atoms with Gasteiger partial charge in [0.25, 0.3) is 0 Å². The molecule has 0 aliphatic rings. The summed E-state index contributed by atoms with van der Waals surface area (Å²) in [5, 5.41) is -1.57. The fourth-order valence-corrected chi connectivity index (χ4v) is 15.1. The minimum absolute atomic E-state index is 1.36. The second kappa shape index (κ2) is 19.6. The van der Waals surface area contributed by atoms with Gasteiger partial charge in [-0.1, -0.05) is 39.0 Å². The molecule has 0 saturated heterocycles. The fraction of sp³-hybridized carbons (Fsp3) is 1.00. The van der Waals surface area contributed by atoms with Crippen LogP contribution in [0.25, 0.3) is 0 Å². The third-order valence-electron chi connectivity index (χ3n) is 6.92. The van der Waals surface area contributed by atoms with Crippen LogP contribution in [0.1, 0.15) is 150 Å². The summed E-state index contributed by atoms with van der Waals surface area (Å²) in [7, 11) is 0. The predicted octanol–water partition coefficient (Wildman–Crippen LogP) is 11.3. The van der Waals surface area contributed by atoms with Crippen LogP contribution in [0.15, 0.2) is 0 Å². The summed E-state index contributed by atoms with van der Waals surface area (Å²) in [6, 6.07) is 0. The number of rotatable bonds is 23. The van der Waals surface area contributed by atoms with E-state index in [0.29, 0.717) is 0 Å². The summed E-state index contributed by atoms with van der Waals surface area (Å²) < 4.78 is 0.